The summed E-state index contributed by atoms with van der Waals surface area (Å²) in [5, 5.41) is 7.24. The number of alkyl carbamates (subject to hydrolysis) is 1. The number of pyridine rings is 2. The fourth-order valence-corrected chi connectivity index (χ4v) is 3.33. The minimum Gasteiger partial charge on any atom is -0.444 e. The van der Waals surface area contributed by atoms with Crippen molar-refractivity contribution in [1.29, 1.82) is 0 Å². The molecule has 0 aliphatic heterocycles. The quantitative estimate of drug-likeness (QED) is 0.538. The zero-order chi connectivity index (χ0) is 24.0. The van der Waals surface area contributed by atoms with Gasteiger partial charge in [0, 0.05) is 24.5 Å². The molecule has 33 heavy (non-hydrogen) atoms. The second kappa shape index (κ2) is 10.2. The van der Waals surface area contributed by atoms with Crippen molar-refractivity contribution in [3.63, 3.8) is 0 Å². The lowest BCUT2D eigenvalue weighted by atomic mass is 10.0. The Morgan fingerprint density at radius 2 is 1.97 bits per heavy atom. The maximum Gasteiger partial charge on any atom is 0.407 e. The van der Waals surface area contributed by atoms with Crippen LogP contribution in [-0.2, 0) is 17.7 Å². The van der Waals surface area contributed by atoms with E-state index in [9.17, 15) is 9.59 Å². The number of unbranched alkanes of at least 4 members (excludes halogenated alkanes) is 1. The van der Waals surface area contributed by atoms with Gasteiger partial charge in [0.25, 0.3) is 5.91 Å². The largest absolute Gasteiger partial charge is 0.444 e. The molecule has 3 rings (SSSR count). The smallest absolute Gasteiger partial charge is 0.407 e. The fraction of sp³-hybridized carbons (Fsp3) is 0.375. The summed E-state index contributed by atoms with van der Waals surface area (Å²) in [7, 11) is 0. The molecule has 0 bridgehead atoms. The van der Waals surface area contributed by atoms with Crippen LogP contribution in [0.2, 0.25) is 0 Å². The Kier molecular flexibility index (Phi) is 7.42. The highest BCUT2D eigenvalue weighted by Crippen LogP contribution is 2.29. The summed E-state index contributed by atoms with van der Waals surface area (Å²) in [5.74, 6) is -0.580. The van der Waals surface area contributed by atoms with Gasteiger partial charge in [0.15, 0.2) is 5.69 Å². The molecule has 0 saturated carbocycles. The van der Waals surface area contributed by atoms with Crippen molar-refractivity contribution in [2.75, 3.05) is 0 Å². The zero-order valence-electron chi connectivity index (χ0n) is 19.5. The predicted octanol–water partition coefficient (Wildman–Crippen LogP) is 3.80. The molecule has 0 aliphatic carbocycles. The van der Waals surface area contributed by atoms with Crippen LogP contribution in [0, 0.1) is 0 Å². The molecule has 3 heterocycles. The molecular weight excluding hydrogens is 420 g/mol. The maximum atomic E-state index is 12.2. The highest BCUT2D eigenvalue weighted by Gasteiger charge is 2.24. The number of nitrogens with zero attached hydrogens (tertiary/aromatic N) is 4. The van der Waals surface area contributed by atoms with Gasteiger partial charge in [0.05, 0.1) is 23.3 Å². The average Bonchev–Trinajstić information content (AvgIpc) is 3.16. The first-order valence-electron chi connectivity index (χ1n) is 10.9. The fourth-order valence-electron chi connectivity index (χ4n) is 3.33. The van der Waals surface area contributed by atoms with Crippen molar-refractivity contribution in [3.8, 4) is 17.1 Å². The third-order valence-electron chi connectivity index (χ3n) is 4.79. The summed E-state index contributed by atoms with van der Waals surface area (Å²) in [6.45, 7) is 7.79. The van der Waals surface area contributed by atoms with E-state index in [0.717, 1.165) is 24.0 Å². The van der Waals surface area contributed by atoms with E-state index in [0.29, 0.717) is 23.5 Å². The first kappa shape index (κ1) is 23.9. The molecule has 0 unspecified atom stereocenters. The molecule has 0 atom stereocenters. The summed E-state index contributed by atoms with van der Waals surface area (Å²) in [6.07, 6.45) is 7.01. The lowest BCUT2D eigenvalue weighted by Crippen LogP contribution is -2.32. The third kappa shape index (κ3) is 6.15. The summed E-state index contributed by atoms with van der Waals surface area (Å²) >= 11 is 0. The second-order valence-electron chi connectivity index (χ2n) is 8.67. The molecule has 9 heteroatoms. The zero-order valence-corrected chi connectivity index (χ0v) is 19.5. The molecule has 3 aromatic rings. The van der Waals surface area contributed by atoms with Gasteiger partial charge >= 0.3 is 6.09 Å². The van der Waals surface area contributed by atoms with Gasteiger partial charge in [-0.05, 0) is 57.4 Å². The lowest BCUT2D eigenvalue weighted by Gasteiger charge is -2.19. The van der Waals surface area contributed by atoms with Gasteiger partial charge in [-0.25, -0.2) is 9.48 Å². The van der Waals surface area contributed by atoms with E-state index >= 15 is 0 Å². The van der Waals surface area contributed by atoms with E-state index in [-0.39, 0.29) is 12.2 Å². The molecule has 0 spiro atoms. The molecule has 0 saturated heterocycles. The highest BCUT2D eigenvalue weighted by molar-refractivity contribution is 5.94. The topological polar surface area (TPSA) is 125 Å². The van der Waals surface area contributed by atoms with E-state index in [1.165, 1.54) is 0 Å². The first-order chi connectivity index (χ1) is 15.7. The Balaban J connectivity index is 1.95. The van der Waals surface area contributed by atoms with Crippen LogP contribution in [0.5, 0.6) is 0 Å². The average molecular weight is 451 g/mol. The highest BCUT2D eigenvalue weighted by atomic mass is 16.6. The molecule has 0 aromatic carbocycles. The number of hydrogen-bond acceptors (Lipinski definition) is 6. The summed E-state index contributed by atoms with van der Waals surface area (Å²) in [6, 6.07) is 7.37. The van der Waals surface area contributed by atoms with Crippen LogP contribution >= 0.6 is 0 Å². The number of primary amides is 1. The Bertz CT molecular complexity index is 1100. The lowest BCUT2D eigenvalue weighted by molar-refractivity contribution is 0.0523. The second-order valence-corrected chi connectivity index (χ2v) is 8.67. The Hall–Kier alpha value is -3.75. The number of nitrogens with two attached hydrogens (primary N) is 1. The van der Waals surface area contributed by atoms with Crippen LogP contribution in [0.1, 0.15) is 62.2 Å². The van der Waals surface area contributed by atoms with Crippen LogP contribution in [0.15, 0.2) is 42.9 Å². The SMILES string of the molecule is CCCCc1c(C(N)=O)nn(-c2cccnc2)c1-c1ccc(CNC(=O)OC(C)(C)C)cn1. The van der Waals surface area contributed by atoms with Crippen molar-refractivity contribution in [1.82, 2.24) is 25.1 Å². The van der Waals surface area contributed by atoms with Gasteiger partial charge in [-0.3, -0.25) is 14.8 Å². The molecule has 3 N–H and O–H groups in total. The van der Waals surface area contributed by atoms with Gasteiger partial charge in [-0.2, -0.15) is 5.10 Å². The Morgan fingerprint density at radius 1 is 1.18 bits per heavy atom. The molecule has 0 fully saturated rings. The molecule has 174 valence electrons. The number of nitrogens with one attached hydrogen (secondary N) is 1. The number of carbonyl (C=O) groups excluding carboxylic acids is 2. The Labute approximate surface area is 193 Å². The van der Waals surface area contributed by atoms with Crippen LogP contribution < -0.4 is 11.1 Å². The number of hydrogen-bond donors (Lipinski definition) is 2. The Morgan fingerprint density at radius 3 is 2.55 bits per heavy atom. The molecular formula is C24H30N6O3. The van der Waals surface area contributed by atoms with Crippen LogP contribution in [0.25, 0.3) is 17.1 Å². The van der Waals surface area contributed by atoms with Crippen LogP contribution in [0.4, 0.5) is 4.79 Å². The number of carbonyl (C=O) groups is 2. The van der Waals surface area contributed by atoms with Gasteiger partial charge in [-0.1, -0.05) is 19.4 Å². The predicted molar refractivity (Wildman–Crippen MR) is 125 cm³/mol. The molecule has 3 aromatic heterocycles. The minimum atomic E-state index is -0.580. The van der Waals surface area contributed by atoms with E-state index in [1.54, 1.807) is 29.3 Å². The van der Waals surface area contributed by atoms with E-state index in [1.807, 2.05) is 39.0 Å². The van der Waals surface area contributed by atoms with E-state index < -0.39 is 17.6 Å². The van der Waals surface area contributed by atoms with E-state index in [4.69, 9.17) is 10.5 Å². The van der Waals surface area contributed by atoms with Gasteiger partial charge in [-0.15, -0.1) is 0 Å². The van der Waals surface area contributed by atoms with Gasteiger partial charge in [0.1, 0.15) is 5.60 Å². The third-order valence-corrected chi connectivity index (χ3v) is 4.79. The number of rotatable bonds is 8. The van der Waals surface area contributed by atoms with Crippen molar-refractivity contribution in [3.05, 3.63) is 59.7 Å². The van der Waals surface area contributed by atoms with Crippen molar-refractivity contribution in [2.45, 2.75) is 59.1 Å². The van der Waals surface area contributed by atoms with Crippen LogP contribution in [0.3, 0.4) is 0 Å². The van der Waals surface area contributed by atoms with Gasteiger partial charge in [0.2, 0.25) is 0 Å². The number of aromatic nitrogens is 4. The normalized spacial score (nSPS) is 11.3. The van der Waals surface area contributed by atoms with E-state index in [2.05, 4.69) is 27.3 Å². The molecule has 0 aliphatic rings. The number of amides is 2. The van der Waals surface area contributed by atoms with Crippen molar-refractivity contribution >= 4 is 12.0 Å². The standard InChI is InChI=1S/C24H30N6O3/c1-5-6-9-18-20(22(25)31)29-30(17-8-7-12-26-15-17)21(18)19-11-10-16(13-27-19)14-28-23(32)33-24(2,3)4/h7-8,10-13,15H,5-6,9,14H2,1-4H3,(H2,25,31)(H,28,32). The van der Waals surface area contributed by atoms with Crippen molar-refractivity contribution in [2.24, 2.45) is 5.73 Å². The number of ether oxygens (including phenoxy) is 1. The van der Waals surface area contributed by atoms with Crippen LogP contribution in [-0.4, -0.2) is 37.3 Å². The maximum absolute atomic E-state index is 12.2. The summed E-state index contributed by atoms with van der Waals surface area (Å²) in [5.41, 5.74) is 8.95. The molecule has 0 radical (unpaired) electrons. The summed E-state index contributed by atoms with van der Waals surface area (Å²) < 4.78 is 6.93. The van der Waals surface area contributed by atoms with Crippen molar-refractivity contribution < 1.29 is 14.3 Å². The molecule has 9 nitrogen and oxygen atoms in total. The first-order valence-corrected chi connectivity index (χ1v) is 10.9. The monoisotopic (exact) mass is 450 g/mol. The molecule has 2 amide bonds. The summed E-state index contributed by atoms with van der Waals surface area (Å²) in [4.78, 5) is 32.9. The minimum absolute atomic E-state index is 0.236. The van der Waals surface area contributed by atoms with Gasteiger partial charge < -0.3 is 15.8 Å².